The Kier molecular flexibility index (Phi) is 6.34. The standard InChI is InChI=1S/C17H27ClN2/c1-3-10-20(13-15-6-5-9-19-12-15)14(2)16-7-4-8-17(18)11-16/h4,7-8,11,14-15,19H,3,5-6,9-10,12-13H2,1-2H3. The SMILES string of the molecule is CCCN(CC1CCCNC1)C(C)c1cccc(Cl)c1. The van der Waals surface area contributed by atoms with Gasteiger partial charge in [0.25, 0.3) is 0 Å². The molecule has 1 aromatic carbocycles. The van der Waals surface area contributed by atoms with Crippen LogP contribution in [0.2, 0.25) is 5.02 Å². The first-order valence-corrected chi connectivity index (χ1v) is 8.28. The third kappa shape index (κ3) is 4.47. The second-order valence-corrected chi connectivity index (χ2v) is 6.37. The van der Waals surface area contributed by atoms with Crippen LogP contribution in [0.3, 0.4) is 0 Å². The van der Waals surface area contributed by atoms with Gasteiger partial charge in [-0.25, -0.2) is 0 Å². The molecule has 20 heavy (non-hydrogen) atoms. The molecule has 0 spiro atoms. The summed E-state index contributed by atoms with van der Waals surface area (Å²) in [7, 11) is 0. The van der Waals surface area contributed by atoms with E-state index >= 15 is 0 Å². The van der Waals surface area contributed by atoms with Crippen molar-refractivity contribution in [1.29, 1.82) is 0 Å². The summed E-state index contributed by atoms with van der Waals surface area (Å²) in [5.41, 5.74) is 1.33. The molecule has 0 bridgehead atoms. The molecule has 1 heterocycles. The molecule has 0 saturated carbocycles. The van der Waals surface area contributed by atoms with Gasteiger partial charge in [0.15, 0.2) is 0 Å². The zero-order chi connectivity index (χ0) is 14.4. The van der Waals surface area contributed by atoms with E-state index in [4.69, 9.17) is 11.6 Å². The molecular weight excluding hydrogens is 268 g/mol. The molecule has 112 valence electrons. The van der Waals surface area contributed by atoms with E-state index in [0.717, 1.165) is 17.5 Å². The van der Waals surface area contributed by atoms with E-state index in [1.54, 1.807) is 0 Å². The fourth-order valence-electron chi connectivity index (χ4n) is 3.12. The van der Waals surface area contributed by atoms with E-state index in [2.05, 4.69) is 42.3 Å². The molecule has 1 fully saturated rings. The average molecular weight is 295 g/mol. The second kappa shape index (κ2) is 8.02. The quantitative estimate of drug-likeness (QED) is 0.849. The van der Waals surface area contributed by atoms with Crippen LogP contribution in [-0.4, -0.2) is 31.1 Å². The van der Waals surface area contributed by atoms with Gasteiger partial charge in [0.1, 0.15) is 0 Å². The molecule has 1 N–H and O–H groups in total. The van der Waals surface area contributed by atoms with Gasteiger partial charge in [-0.1, -0.05) is 30.7 Å². The van der Waals surface area contributed by atoms with Crippen LogP contribution in [0.5, 0.6) is 0 Å². The zero-order valence-corrected chi connectivity index (χ0v) is 13.5. The smallest absolute Gasteiger partial charge is 0.0409 e. The van der Waals surface area contributed by atoms with E-state index in [0.29, 0.717) is 6.04 Å². The molecule has 1 aliphatic heterocycles. The highest BCUT2D eigenvalue weighted by atomic mass is 35.5. The van der Waals surface area contributed by atoms with Gasteiger partial charge < -0.3 is 5.32 Å². The van der Waals surface area contributed by atoms with Crippen molar-refractivity contribution in [3.8, 4) is 0 Å². The van der Waals surface area contributed by atoms with Crippen LogP contribution in [0.15, 0.2) is 24.3 Å². The Balaban J connectivity index is 2.02. The number of hydrogen-bond donors (Lipinski definition) is 1. The highest BCUT2D eigenvalue weighted by molar-refractivity contribution is 6.30. The lowest BCUT2D eigenvalue weighted by molar-refractivity contribution is 0.163. The summed E-state index contributed by atoms with van der Waals surface area (Å²) in [6.07, 6.45) is 3.87. The van der Waals surface area contributed by atoms with Gasteiger partial charge >= 0.3 is 0 Å². The lowest BCUT2D eigenvalue weighted by Gasteiger charge is -2.34. The molecular formula is C17H27ClN2. The first-order valence-electron chi connectivity index (χ1n) is 7.91. The lowest BCUT2D eigenvalue weighted by Crippen LogP contribution is -2.39. The molecule has 1 aromatic rings. The van der Waals surface area contributed by atoms with E-state index in [1.165, 1.54) is 44.5 Å². The fourth-order valence-corrected chi connectivity index (χ4v) is 3.32. The van der Waals surface area contributed by atoms with Crippen LogP contribution in [0.25, 0.3) is 0 Å². The highest BCUT2D eigenvalue weighted by Gasteiger charge is 2.21. The number of piperidine rings is 1. The Bertz CT molecular complexity index is 402. The molecule has 3 heteroatoms. The summed E-state index contributed by atoms with van der Waals surface area (Å²) < 4.78 is 0. The Morgan fingerprint density at radius 2 is 2.30 bits per heavy atom. The number of benzene rings is 1. The third-order valence-electron chi connectivity index (χ3n) is 4.28. The molecule has 1 saturated heterocycles. The average Bonchev–Trinajstić information content (AvgIpc) is 2.47. The van der Waals surface area contributed by atoms with Crippen LogP contribution < -0.4 is 5.32 Å². The van der Waals surface area contributed by atoms with Gasteiger partial charge in [0, 0.05) is 17.6 Å². The number of rotatable bonds is 6. The Morgan fingerprint density at radius 3 is 2.95 bits per heavy atom. The van der Waals surface area contributed by atoms with Crippen molar-refractivity contribution >= 4 is 11.6 Å². The lowest BCUT2D eigenvalue weighted by atomic mass is 9.97. The Morgan fingerprint density at radius 1 is 1.45 bits per heavy atom. The van der Waals surface area contributed by atoms with Crippen LogP contribution in [0, 0.1) is 5.92 Å². The summed E-state index contributed by atoms with van der Waals surface area (Å²) in [6.45, 7) is 9.27. The topological polar surface area (TPSA) is 15.3 Å². The van der Waals surface area contributed by atoms with Crippen molar-refractivity contribution in [2.24, 2.45) is 5.92 Å². The molecule has 0 radical (unpaired) electrons. The predicted molar refractivity (Wildman–Crippen MR) is 87.3 cm³/mol. The molecule has 2 atom stereocenters. The van der Waals surface area contributed by atoms with E-state index in [1.807, 2.05) is 6.07 Å². The molecule has 0 amide bonds. The van der Waals surface area contributed by atoms with Crippen molar-refractivity contribution in [3.63, 3.8) is 0 Å². The summed E-state index contributed by atoms with van der Waals surface area (Å²) in [4.78, 5) is 2.61. The first-order chi connectivity index (χ1) is 9.70. The normalized spacial score (nSPS) is 21.1. The Hall–Kier alpha value is -0.570. The minimum atomic E-state index is 0.440. The van der Waals surface area contributed by atoms with Gasteiger partial charge in [0.05, 0.1) is 0 Å². The van der Waals surface area contributed by atoms with Crippen LogP contribution in [-0.2, 0) is 0 Å². The number of halogens is 1. The van der Waals surface area contributed by atoms with E-state index in [9.17, 15) is 0 Å². The largest absolute Gasteiger partial charge is 0.316 e. The minimum Gasteiger partial charge on any atom is -0.316 e. The third-order valence-corrected chi connectivity index (χ3v) is 4.52. The summed E-state index contributed by atoms with van der Waals surface area (Å²) in [5, 5.41) is 4.36. The number of hydrogen-bond acceptors (Lipinski definition) is 2. The summed E-state index contributed by atoms with van der Waals surface area (Å²) in [5.74, 6) is 0.789. The van der Waals surface area contributed by atoms with Gasteiger partial charge in [0.2, 0.25) is 0 Å². The van der Waals surface area contributed by atoms with E-state index in [-0.39, 0.29) is 0 Å². The maximum atomic E-state index is 6.13. The van der Waals surface area contributed by atoms with Gasteiger partial charge in [-0.2, -0.15) is 0 Å². The van der Waals surface area contributed by atoms with Crippen molar-refractivity contribution in [2.75, 3.05) is 26.2 Å². The van der Waals surface area contributed by atoms with Crippen LogP contribution >= 0.6 is 11.6 Å². The highest BCUT2D eigenvalue weighted by Crippen LogP contribution is 2.25. The van der Waals surface area contributed by atoms with Crippen molar-refractivity contribution < 1.29 is 0 Å². The fraction of sp³-hybridized carbons (Fsp3) is 0.647. The van der Waals surface area contributed by atoms with Gasteiger partial charge in [-0.3, -0.25) is 4.90 Å². The summed E-state index contributed by atoms with van der Waals surface area (Å²) in [6, 6.07) is 8.75. The predicted octanol–water partition coefficient (Wildman–Crippen LogP) is 4.11. The monoisotopic (exact) mass is 294 g/mol. The molecule has 2 nitrogen and oxygen atoms in total. The zero-order valence-electron chi connectivity index (χ0n) is 12.7. The second-order valence-electron chi connectivity index (χ2n) is 5.94. The molecule has 0 aliphatic carbocycles. The maximum Gasteiger partial charge on any atom is 0.0409 e. The molecule has 0 aromatic heterocycles. The van der Waals surface area contributed by atoms with Crippen molar-refractivity contribution in [3.05, 3.63) is 34.9 Å². The van der Waals surface area contributed by atoms with Gasteiger partial charge in [-0.05, 0) is 69.4 Å². The maximum absolute atomic E-state index is 6.13. The minimum absolute atomic E-state index is 0.440. The van der Waals surface area contributed by atoms with Crippen LogP contribution in [0.4, 0.5) is 0 Å². The van der Waals surface area contributed by atoms with Crippen molar-refractivity contribution in [1.82, 2.24) is 10.2 Å². The number of nitrogens with one attached hydrogen (secondary N) is 1. The molecule has 2 rings (SSSR count). The van der Waals surface area contributed by atoms with Gasteiger partial charge in [-0.15, -0.1) is 0 Å². The van der Waals surface area contributed by atoms with E-state index < -0.39 is 0 Å². The van der Waals surface area contributed by atoms with Crippen LogP contribution in [0.1, 0.15) is 44.7 Å². The first kappa shape index (κ1) is 15.8. The number of nitrogens with zero attached hydrogens (tertiary/aromatic N) is 1. The van der Waals surface area contributed by atoms with Crippen molar-refractivity contribution in [2.45, 2.75) is 39.2 Å². The Labute approximate surface area is 128 Å². The molecule has 2 unspecified atom stereocenters. The molecule has 1 aliphatic rings. The summed E-state index contributed by atoms with van der Waals surface area (Å²) >= 11 is 6.13.